The second kappa shape index (κ2) is 6.57. The lowest BCUT2D eigenvalue weighted by atomic mass is 9.79. The number of aromatic amines is 1. The smallest absolute Gasteiger partial charge is 0.398 e. The molecule has 2 fully saturated rings. The number of halogens is 1. The quantitative estimate of drug-likeness (QED) is 0.795. The minimum atomic E-state index is -1.01. The molecule has 1 saturated heterocycles. The highest BCUT2D eigenvalue weighted by Gasteiger charge is 2.53. The van der Waals surface area contributed by atoms with Gasteiger partial charge in [0.2, 0.25) is 0 Å². The van der Waals surface area contributed by atoms with Gasteiger partial charge in [-0.1, -0.05) is 6.42 Å². The molecule has 1 aliphatic carbocycles. The lowest BCUT2D eigenvalue weighted by Crippen LogP contribution is -2.41. The van der Waals surface area contributed by atoms with Crippen molar-refractivity contribution in [2.75, 3.05) is 0 Å². The standard InChI is InChI=1S/C20H25BFN3O2/c1-19(2)20(3,4)27-21(26-19)16(22)11-15-17(13-7-5-8-13)24-25-18(15)14-9-6-10-23-12-14/h6,9-13H,5,7-8H2,1-4H3,(H,24,25). The molecule has 0 unspecified atom stereocenters. The summed E-state index contributed by atoms with van der Waals surface area (Å²) in [5.41, 5.74) is 1.70. The van der Waals surface area contributed by atoms with Crippen molar-refractivity contribution in [3.05, 3.63) is 41.5 Å². The van der Waals surface area contributed by atoms with Crippen LogP contribution in [0.5, 0.6) is 0 Å². The number of nitrogens with one attached hydrogen (secondary N) is 1. The van der Waals surface area contributed by atoms with E-state index in [-0.39, 0.29) is 0 Å². The summed E-state index contributed by atoms with van der Waals surface area (Å²) < 4.78 is 26.9. The summed E-state index contributed by atoms with van der Waals surface area (Å²) in [5, 5.41) is 7.60. The van der Waals surface area contributed by atoms with Crippen LogP contribution in [0.1, 0.15) is 64.1 Å². The number of hydrogen-bond donors (Lipinski definition) is 1. The molecule has 1 saturated carbocycles. The van der Waals surface area contributed by atoms with Gasteiger partial charge in [-0.15, -0.1) is 0 Å². The molecule has 7 heteroatoms. The first kappa shape index (κ1) is 18.4. The van der Waals surface area contributed by atoms with Crippen LogP contribution < -0.4 is 0 Å². The summed E-state index contributed by atoms with van der Waals surface area (Å²) >= 11 is 0. The van der Waals surface area contributed by atoms with Crippen LogP contribution in [0.4, 0.5) is 4.39 Å². The molecule has 142 valence electrons. The van der Waals surface area contributed by atoms with Crippen LogP contribution in [-0.4, -0.2) is 33.5 Å². The number of H-pyrrole nitrogens is 1. The van der Waals surface area contributed by atoms with E-state index in [1.807, 2.05) is 39.8 Å². The molecule has 27 heavy (non-hydrogen) atoms. The van der Waals surface area contributed by atoms with E-state index >= 15 is 4.39 Å². The largest absolute Gasteiger partial charge is 0.525 e. The minimum absolute atomic E-state index is 0.389. The van der Waals surface area contributed by atoms with E-state index in [1.54, 1.807) is 12.4 Å². The van der Waals surface area contributed by atoms with Crippen LogP contribution in [0.15, 0.2) is 30.3 Å². The van der Waals surface area contributed by atoms with Gasteiger partial charge in [-0.05, 0) is 58.7 Å². The molecular weight excluding hydrogens is 344 g/mol. The second-order valence-electron chi connectivity index (χ2n) is 8.39. The van der Waals surface area contributed by atoms with Crippen LogP contribution in [0.25, 0.3) is 17.3 Å². The fourth-order valence-corrected chi connectivity index (χ4v) is 3.40. The number of pyridine rings is 1. The lowest BCUT2D eigenvalue weighted by molar-refractivity contribution is 0.00578. The molecule has 0 bridgehead atoms. The monoisotopic (exact) mass is 369 g/mol. The van der Waals surface area contributed by atoms with E-state index in [0.29, 0.717) is 11.6 Å². The molecule has 5 nitrogen and oxygen atoms in total. The predicted molar refractivity (Wildman–Crippen MR) is 104 cm³/mol. The summed E-state index contributed by atoms with van der Waals surface area (Å²) in [6.45, 7) is 7.66. The van der Waals surface area contributed by atoms with Gasteiger partial charge in [0.15, 0.2) is 0 Å². The third-order valence-corrected chi connectivity index (χ3v) is 6.04. The van der Waals surface area contributed by atoms with Gasteiger partial charge in [-0.3, -0.25) is 10.1 Å². The Bertz CT molecular complexity index is 843. The van der Waals surface area contributed by atoms with Gasteiger partial charge in [-0.2, -0.15) is 5.10 Å². The van der Waals surface area contributed by atoms with Gasteiger partial charge in [-0.25, -0.2) is 4.39 Å². The van der Waals surface area contributed by atoms with Crippen molar-refractivity contribution in [2.24, 2.45) is 0 Å². The first-order chi connectivity index (χ1) is 12.8. The van der Waals surface area contributed by atoms with Crippen molar-refractivity contribution in [1.82, 2.24) is 15.2 Å². The molecule has 0 amide bonds. The molecule has 2 aromatic rings. The van der Waals surface area contributed by atoms with Gasteiger partial charge in [0, 0.05) is 35.1 Å². The van der Waals surface area contributed by atoms with Crippen LogP contribution in [-0.2, 0) is 9.31 Å². The maximum absolute atomic E-state index is 15.2. The third kappa shape index (κ3) is 3.23. The Labute approximate surface area is 159 Å². The van der Waals surface area contributed by atoms with Crippen LogP contribution in [0, 0.1) is 0 Å². The fourth-order valence-electron chi connectivity index (χ4n) is 3.40. The van der Waals surface area contributed by atoms with Gasteiger partial charge >= 0.3 is 7.12 Å². The van der Waals surface area contributed by atoms with Crippen molar-refractivity contribution in [3.63, 3.8) is 0 Å². The third-order valence-electron chi connectivity index (χ3n) is 6.04. The highest BCUT2D eigenvalue weighted by Crippen LogP contribution is 2.42. The highest BCUT2D eigenvalue weighted by molar-refractivity contribution is 6.54. The Morgan fingerprint density at radius 1 is 1.26 bits per heavy atom. The zero-order chi connectivity index (χ0) is 19.2. The van der Waals surface area contributed by atoms with E-state index in [1.165, 1.54) is 12.5 Å². The van der Waals surface area contributed by atoms with Gasteiger partial charge in [0.1, 0.15) is 11.4 Å². The number of hydrogen-bond acceptors (Lipinski definition) is 4. The first-order valence-electron chi connectivity index (χ1n) is 9.50. The summed E-state index contributed by atoms with van der Waals surface area (Å²) in [6, 6.07) is 3.78. The zero-order valence-corrected chi connectivity index (χ0v) is 16.3. The second-order valence-corrected chi connectivity index (χ2v) is 8.39. The average Bonchev–Trinajstić information content (AvgIpc) is 3.05. The molecule has 0 atom stereocenters. The van der Waals surface area contributed by atoms with Crippen molar-refractivity contribution in [3.8, 4) is 11.3 Å². The Morgan fingerprint density at radius 3 is 2.52 bits per heavy atom. The number of nitrogens with zero attached hydrogens (tertiary/aromatic N) is 2. The first-order valence-corrected chi connectivity index (χ1v) is 9.50. The maximum Gasteiger partial charge on any atom is 0.525 e. The minimum Gasteiger partial charge on any atom is -0.398 e. The molecular formula is C20H25BFN3O2. The zero-order valence-electron chi connectivity index (χ0n) is 16.3. The fraction of sp³-hybridized carbons (Fsp3) is 0.500. The van der Waals surface area contributed by atoms with E-state index in [0.717, 1.165) is 29.7 Å². The van der Waals surface area contributed by atoms with Crippen LogP contribution in [0.3, 0.4) is 0 Å². The lowest BCUT2D eigenvalue weighted by Gasteiger charge is -2.32. The highest BCUT2D eigenvalue weighted by atomic mass is 19.1. The van der Waals surface area contributed by atoms with E-state index in [9.17, 15) is 0 Å². The molecule has 0 spiro atoms. The molecule has 0 radical (unpaired) electrons. The molecule has 2 aliphatic rings. The maximum atomic E-state index is 15.2. The molecule has 4 rings (SSSR count). The summed E-state index contributed by atoms with van der Waals surface area (Å²) in [4.78, 5) is 4.17. The Hall–Kier alpha value is -1.99. The van der Waals surface area contributed by atoms with Gasteiger partial charge < -0.3 is 9.31 Å². The molecule has 0 aromatic carbocycles. The van der Waals surface area contributed by atoms with Gasteiger partial charge in [0.25, 0.3) is 0 Å². The predicted octanol–water partition coefficient (Wildman–Crippen LogP) is 4.68. The summed E-state index contributed by atoms with van der Waals surface area (Å²) in [7, 11) is -1.01. The number of aromatic nitrogens is 3. The molecule has 2 aromatic heterocycles. The summed E-state index contributed by atoms with van der Waals surface area (Å²) in [6.07, 6.45) is 8.34. The molecule has 1 N–H and O–H groups in total. The SMILES string of the molecule is CC1(C)OB(C(F)=Cc2c(-c3cccnc3)n[nH]c2C2CCC2)OC1(C)C. The van der Waals surface area contributed by atoms with Crippen molar-refractivity contribution < 1.29 is 13.7 Å². The topological polar surface area (TPSA) is 60.0 Å². The summed E-state index contributed by atoms with van der Waals surface area (Å²) in [5.74, 6) is 0.389. The van der Waals surface area contributed by atoms with E-state index in [2.05, 4.69) is 15.2 Å². The van der Waals surface area contributed by atoms with Gasteiger partial charge in [0.05, 0.1) is 11.2 Å². The number of rotatable bonds is 4. The Morgan fingerprint density at radius 2 is 1.96 bits per heavy atom. The molecule has 1 aliphatic heterocycles. The molecule has 3 heterocycles. The van der Waals surface area contributed by atoms with E-state index in [4.69, 9.17) is 9.31 Å². The normalized spacial score (nSPS) is 22.1. The van der Waals surface area contributed by atoms with Crippen molar-refractivity contribution >= 4 is 13.2 Å². The van der Waals surface area contributed by atoms with Crippen LogP contribution in [0.2, 0.25) is 0 Å². The Balaban J connectivity index is 1.72. The van der Waals surface area contributed by atoms with Crippen LogP contribution >= 0.6 is 0 Å². The average molecular weight is 369 g/mol. The Kier molecular flexibility index (Phi) is 4.47. The van der Waals surface area contributed by atoms with Crippen molar-refractivity contribution in [2.45, 2.75) is 64.1 Å². The van der Waals surface area contributed by atoms with E-state index < -0.39 is 24.0 Å². The van der Waals surface area contributed by atoms with Crippen molar-refractivity contribution in [1.29, 1.82) is 0 Å².